The van der Waals surface area contributed by atoms with E-state index in [1.54, 1.807) is 6.92 Å². The van der Waals surface area contributed by atoms with E-state index in [1.165, 1.54) is 0 Å². The monoisotopic (exact) mass is 272 g/mol. The van der Waals surface area contributed by atoms with Crippen LogP contribution in [0.2, 0.25) is 0 Å². The highest BCUT2D eigenvalue weighted by Gasteiger charge is 2.32. The van der Waals surface area contributed by atoms with Crippen LogP contribution in [-0.2, 0) is 4.79 Å². The molecule has 0 heterocycles. The van der Waals surface area contributed by atoms with Crippen LogP contribution < -0.4 is 15.8 Å². The van der Waals surface area contributed by atoms with Crippen molar-refractivity contribution in [2.75, 3.05) is 6.61 Å². The van der Waals surface area contributed by atoms with Crippen LogP contribution in [0.1, 0.15) is 20.8 Å². The maximum Gasteiger partial charge on any atom is 0.240 e. The quantitative estimate of drug-likeness (QED) is 0.826. The molecule has 0 radical (unpaired) electrons. The van der Waals surface area contributed by atoms with Gasteiger partial charge in [-0.15, -0.1) is 0 Å². The van der Waals surface area contributed by atoms with Crippen molar-refractivity contribution in [2.24, 2.45) is 5.73 Å². The van der Waals surface area contributed by atoms with Crippen molar-refractivity contribution in [2.45, 2.75) is 32.4 Å². The second-order valence-electron chi connectivity index (χ2n) is 4.89. The fourth-order valence-electron chi connectivity index (χ4n) is 1.66. The van der Waals surface area contributed by atoms with Crippen LogP contribution in [0, 0.1) is 11.6 Å². The van der Waals surface area contributed by atoms with Gasteiger partial charge in [0.25, 0.3) is 0 Å². The third kappa shape index (κ3) is 4.48. The fourth-order valence-corrected chi connectivity index (χ4v) is 1.66. The summed E-state index contributed by atoms with van der Waals surface area (Å²) in [6.07, 6.45) is 0. The number of hydrogen-bond donors (Lipinski definition) is 2. The normalized spacial score (nSPS) is 14.2. The first-order chi connectivity index (χ1) is 8.73. The Hall–Kier alpha value is -1.69. The van der Waals surface area contributed by atoms with Gasteiger partial charge >= 0.3 is 0 Å². The van der Waals surface area contributed by atoms with Crippen LogP contribution in [-0.4, -0.2) is 24.1 Å². The van der Waals surface area contributed by atoms with E-state index >= 15 is 0 Å². The van der Waals surface area contributed by atoms with Gasteiger partial charge in [0, 0.05) is 24.2 Å². The highest BCUT2D eigenvalue weighted by molar-refractivity contribution is 5.84. The number of nitrogens with two attached hydrogens (primary N) is 1. The lowest BCUT2D eigenvalue weighted by atomic mass is 10.0. The van der Waals surface area contributed by atoms with Gasteiger partial charge in [0.15, 0.2) is 0 Å². The molecule has 0 bridgehead atoms. The Morgan fingerprint density at radius 1 is 1.37 bits per heavy atom. The number of benzene rings is 1. The highest BCUT2D eigenvalue weighted by Crippen LogP contribution is 2.17. The molecular weight excluding hydrogens is 254 g/mol. The maximum atomic E-state index is 13.0. The van der Waals surface area contributed by atoms with Gasteiger partial charge in [-0.25, -0.2) is 8.78 Å². The van der Waals surface area contributed by atoms with Crippen LogP contribution in [0.4, 0.5) is 8.78 Å². The molecule has 4 nitrogen and oxygen atoms in total. The summed E-state index contributed by atoms with van der Waals surface area (Å²) in [5.74, 6) is -2.08. The molecule has 19 heavy (non-hydrogen) atoms. The topological polar surface area (TPSA) is 64.3 Å². The standard InChI is InChI=1S/C13H18F2N2O2/c1-8(2)17-13(3,12(16)18)7-19-11-5-9(14)4-10(15)6-11/h4-6,8,17H,7H2,1-3H3,(H2,16,18). The number of amides is 1. The van der Waals surface area contributed by atoms with Gasteiger partial charge in [-0.05, 0) is 20.8 Å². The van der Waals surface area contributed by atoms with Crippen LogP contribution in [0.15, 0.2) is 18.2 Å². The molecular formula is C13H18F2N2O2. The van der Waals surface area contributed by atoms with Gasteiger partial charge < -0.3 is 10.5 Å². The molecule has 106 valence electrons. The highest BCUT2D eigenvalue weighted by atomic mass is 19.1. The van der Waals surface area contributed by atoms with Gasteiger partial charge in [-0.1, -0.05) is 0 Å². The summed E-state index contributed by atoms with van der Waals surface area (Å²) in [4.78, 5) is 11.4. The zero-order valence-corrected chi connectivity index (χ0v) is 11.2. The average molecular weight is 272 g/mol. The van der Waals surface area contributed by atoms with Gasteiger partial charge in [0.2, 0.25) is 5.91 Å². The summed E-state index contributed by atoms with van der Waals surface area (Å²) >= 11 is 0. The first-order valence-electron chi connectivity index (χ1n) is 5.89. The average Bonchev–Trinajstić information content (AvgIpc) is 2.24. The molecule has 0 aliphatic heterocycles. The zero-order valence-electron chi connectivity index (χ0n) is 11.2. The summed E-state index contributed by atoms with van der Waals surface area (Å²) in [5, 5.41) is 2.97. The summed E-state index contributed by atoms with van der Waals surface area (Å²) < 4.78 is 31.2. The fraction of sp³-hybridized carbons (Fsp3) is 0.462. The third-order valence-electron chi connectivity index (χ3n) is 2.51. The summed E-state index contributed by atoms with van der Waals surface area (Å²) in [7, 11) is 0. The van der Waals surface area contributed by atoms with Crippen molar-refractivity contribution in [3.63, 3.8) is 0 Å². The Kier molecular flexibility index (Phi) is 4.83. The first-order valence-corrected chi connectivity index (χ1v) is 5.89. The predicted molar refractivity (Wildman–Crippen MR) is 67.7 cm³/mol. The van der Waals surface area contributed by atoms with E-state index in [1.807, 2.05) is 13.8 Å². The minimum atomic E-state index is -1.11. The van der Waals surface area contributed by atoms with E-state index in [0.717, 1.165) is 18.2 Å². The van der Waals surface area contributed by atoms with Gasteiger partial charge in [-0.3, -0.25) is 10.1 Å². The Labute approximate surface area is 110 Å². The lowest BCUT2D eigenvalue weighted by Crippen LogP contribution is -2.59. The third-order valence-corrected chi connectivity index (χ3v) is 2.51. The molecule has 0 saturated carbocycles. The molecule has 0 spiro atoms. The Balaban J connectivity index is 2.79. The van der Waals surface area contributed by atoms with E-state index in [-0.39, 0.29) is 18.4 Å². The van der Waals surface area contributed by atoms with E-state index < -0.39 is 23.1 Å². The van der Waals surface area contributed by atoms with Gasteiger partial charge in [0.1, 0.15) is 29.5 Å². The van der Waals surface area contributed by atoms with Crippen molar-refractivity contribution in [3.8, 4) is 5.75 Å². The van der Waals surface area contributed by atoms with Gasteiger partial charge in [-0.2, -0.15) is 0 Å². The maximum absolute atomic E-state index is 13.0. The lowest BCUT2D eigenvalue weighted by Gasteiger charge is -2.29. The second kappa shape index (κ2) is 5.97. The molecule has 0 aliphatic carbocycles. The molecule has 1 atom stereocenters. The molecule has 1 rings (SSSR count). The molecule has 0 aliphatic rings. The minimum absolute atomic E-state index is 0.00495. The predicted octanol–water partition coefficient (Wildman–Crippen LogP) is 1.59. The number of rotatable bonds is 6. The molecule has 6 heteroatoms. The van der Waals surface area contributed by atoms with Crippen LogP contribution >= 0.6 is 0 Å². The lowest BCUT2D eigenvalue weighted by molar-refractivity contribution is -0.125. The SMILES string of the molecule is CC(C)NC(C)(COc1cc(F)cc(F)c1)C(N)=O. The second-order valence-corrected chi connectivity index (χ2v) is 4.89. The first kappa shape index (κ1) is 15.4. The number of primary amides is 1. The largest absolute Gasteiger partial charge is 0.491 e. The van der Waals surface area contributed by atoms with Crippen molar-refractivity contribution in [1.29, 1.82) is 0 Å². The van der Waals surface area contributed by atoms with Crippen LogP contribution in [0.25, 0.3) is 0 Å². The zero-order chi connectivity index (χ0) is 14.6. The smallest absolute Gasteiger partial charge is 0.240 e. The molecule has 0 aromatic heterocycles. The Bertz CT molecular complexity index is 446. The summed E-state index contributed by atoms with van der Waals surface area (Å²) in [5.41, 5.74) is 4.20. The summed E-state index contributed by atoms with van der Waals surface area (Å²) in [6.45, 7) is 5.15. The van der Waals surface area contributed by atoms with E-state index in [9.17, 15) is 13.6 Å². The van der Waals surface area contributed by atoms with Crippen LogP contribution in [0.5, 0.6) is 5.75 Å². The molecule has 1 amide bonds. The van der Waals surface area contributed by atoms with Crippen molar-refractivity contribution >= 4 is 5.91 Å². The van der Waals surface area contributed by atoms with E-state index in [0.29, 0.717) is 0 Å². The molecule has 3 N–H and O–H groups in total. The number of halogens is 2. The number of carbonyl (C=O) groups excluding carboxylic acids is 1. The molecule has 1 aromatic carbocycles. The van der Waals surface area contributed by atoms with E-state index in [2.05, 4.69) is 5.32 Å². The number of nitrogens with one attached hydrogen (secondary N) is 1. The molecule has 0 fully saturated rings. The Morgan fingerprint density at radius 2 is 1.89 bits per heavy atom. The molecule has 0 saturated heterocycles. The summed E-state index contributed by atoms with van der Waals surface area (Å²) in [6, 6.07) is 2.83. The number of ether oxygens (including phenoxy) is 1. The molecule has 1 unspecified atom stereocenters. The van der Waals surface area contributed by atoms with E-state index in [4.69, 9.17) is 10.5 Å². The Morgan fingerprint density at radius 3 is 2.32 bits per heavy atom. The number of carbonyl (C=O) groups is 1. The number of hydrogen-bond acceptors (Lipinski definition) is 3. The molecule has 1 aromatic rings. The van der Waals surface area contributed by atoms with Crippen molar-refractivity contribution < 1.29 is 18.3 Å². The van der Waals surface area contributed by atoms with Crippen molar-refractivity contribution in [3.05, 3.63) is 29.8 Å². The van der Waals surface area contributed by atoms with Gasteiger partial charge in [0.05, 0.1) is 0 Å². The van der Waals surface area contributed by atoms with Crippen molar-refractivity contribution in [1.82, 2.24) is 5.32 Å². The minimum Gasteiger partial charge on any atom is -0.491 e. The van der Waals surface area contributed by atoms with Crippen LogP contribution in [0.3, 0.4) is 0 Å².